The Kier molecular flexibility index (Phi) is 7.63. The summed E-state index contributed by atoms with van der Waals surface area (Å²) < 4.78 is 12.2. The molecule has 30 heavy (non-hydrogen) atoms. The van der Waals surface area contributed by atoms with Crippen LogP contribution in [-0.2, 0) is 9.59 Å². The van der Waals surface area contributed by atoms with Gasteiger partial charge in [-0.15, -0.1) is 0 Å². The molecule has 10 heteroatoms. The zero-order valence-corrected chi connectivity index (χ0v) is 21.0. The summed E-state index contributed by atoms with van der Waals surface area (Å²) in [5.74, 6) is 0.469. The van der Waals surface area contributed by atoms with E-state index in [0.717, 1.165) is 35.1 Å². The third-order valence-corrected chi connectivity index (χ3v) is 6.58. The van der Waals surface area contributed by atoms with E-state index in [0.29, 0.717) is 11.4 Å². The molecule has 156 valence electrons. The van der Waals surface area contributed by atoms with Gasteiger partial charge in [0.1, 0.15) is 18.0 Å². The maximum absolute atomic E-state index is 12.7. The molecule has 0 spiro atoms. The quantitative estimate of drug-likeness (QED) is 0.364. The molecule has 1 saturated heterocycles. The normalized spacial score (nSPS) is 14.9. The maximum Gasteiger partial charge on any atom is 0.294 e. The van der Waals surface area contributed by atoms with Crippen LogP contribution in [0, 0.1) is 7.14 Å². The van der Waals surface area contributed by atoms with Crippen molar-refractivity contribution in [2.45, 2.75) is 0 Å². The molecule has 1 fully saturated rings. The number of thioether (sulfide) groups is 1. The first-order valence-electron chi connectivity index (χ1n) is 8.54. The number of ether oxygens (including phenoxy) is 2. The highest BCUT2D eigenvalue weighted by molar-refractivity contribution is 14.1. The summed E-state index contributed by atoms with van der Waals surface area (Å²) in [5, 5.41) is 2.19. The van der Waals surface area contributed by atoms with E-state index in [1.807, 2.05) is 12.1 Å². The predicted molar refractivity (Wildman–Crippen MR) is 133 cm³/mol. The number of hydrogen-bond donors (Lipinski definition) is 1. The van der Waals surface area contributed by atoms with E-state index in [4.69, 9.17) is 9.47 Å². The molecule has 0 bridgehead atoms. The molecule has 1 aliphatic heterocycles. The summed E-state index contributed by atoms with van der Waals surface area (Å²) in [5.41, 5.74) is 1.32. The van der Waals surface area contributed by atoms with Crippen LogP contribution in [0.5, 0.6) is 11.5 Å². The van der Waals surface area contributed by atoms with Crippen LogP contribution in [0.4, 0.5) is 10.5 Å². The topological polar surface area (TPSA) is 84.9 Å². The van der Waals surface area contributed by atoms with Crippen molar-refractivity contribution in [3.05, 3.63) is 54.0 Å². The molecule has 1 aliphatic rings. The smallest absolute Gasteiger partial charge is 0.294 e. The lowest BCUT2D eigenvalue weighted by molar-refractivity contribution is -0.127. The van der Waals surface area contributed by atoms with Crippen molar-refractivity contribution >= 4 is 85.8 Å². The van der Waals surface area contributed by atoms with E-state index >= 15 is 0 Å². The van der Waals surface area contributed by atoms with Gasteiger partial charge in [0.2, 0.25) is 5.91 Å². The number of methoxy groups -OCH3 is 2. The molecule has 2 aromatic carbocycles. The van der Waals surface area contributed by atoms with E-state index < -0.39 is 17.1 Å². The summed E-state index contributed by atoms with van der Waals surface area (Å²) in [6.45, 7) is -0.355. The Morgan fingerprint density at radius 1 is 1.10 bits per heavy atom. The Hall–Kier alpha value is -1.80. The Labute approximate surface area is 204 Å². The summed E-state index contributed by atoms with van der Waals surface area (Å²) >= 11 is 5.12. The minimum absolute atomic E-state index is 0.272. The number of imide groups is 1. The number of benzene rings is 2. The van der Waals surface area contributed by atoms with Crippen LogP contribution in [0.15, 0.2) is 41.3 Å². The Balaban J connectivity index is 1.71. The minimum Gasteiger partial charge on any atom is -0.497 e. The van der Waals surface area contributed by atoms with Gasteiger partial charge in [0, 0.05) is 5.69 Å². The van der Waals surface area contributed by atoms with Gasteiger partial charge in [-0.1, -0.05) is 0 Å². The summed E-state index contributed by atoms with van der Waals surface area (Å²) in [6.07, 6.45) is 1.65. The number of rotatable bonds is 6. The predicted octanol–water partition coefficient (Wildman–Crippen LogP) is 4.59. The van der Waals surface area contributed by atoms with Crippen LogP contribution >= 0.6 is 56.9 Å². The third kappa shape index (κ3) is 5.27. The molecule has 7 nitrogen and oxygen atoms in total. The molecule has 1 N–H and O–H groups in total. The van der Waals surface area contributed by atoms with Gasteiger partial charge in [-0.3, -0.25) is 19.3 Å². The average Bonchev–Trinajstić information content (AvgIpc) is 2.95. The number of nitrogens with one attached hydrogen (secondary N) is 1. The SMILES string of the molecule is COc1ccc(NC(=O)CN2C(=O)S/C(=C/c3cc(I)c(OC)c(I)c3)C2=O)cc1. The summed E-state index contributed by atoms with van der Waals surface area (Å²) in [4.78, 5) is 38.5. The minimum atomic E-state index is -0.490. The number of halogens is 2. The Morgan fingerprint density at radius 3 is 2.30 bits per heavy atom. The number of anilines is 1. The summed E-state index contributed by atoms with van der Waals surface area (Å²) in [6, 6.07) is 10.5. The molecular formula is C20H16I2N2O5S. The first kappa shape index (κ1) is 22.9. The van der Waals surface area contributed by atoms with Crippen LogP contribution in [0.3, 0.4) is 0 Å². The molecule has 0 aliphatic carbocycles. The number of nitrogens with zero attached hydrogens (tertiary/aromatic N) is 1. The van der Waals surface area contributed by atoms with Gasteiger partial charge >= 0.3 is 0 Å². The lowest BCUT2D eigenvalue weighted by atomic mass is 10.2. The average molecular weight is 650 g/mol. The fraction of sp³-hybridized carbons (Fsp3) is 0.150. The van der Waals surface area contributed by atoms with E-state index in [2.05, 4.69) is 50.5 Å². The van der Waals surface area contributed by atoms with Gasteiger partial charge in [-0.2, -0.15) is 0 Å². The molecular weight excluding hydrogens is 634 g/mol. The summed E-state index contributed by atoms with van der Waals surface area (Å²) in [7, 11) is 3.15. The van der Waals surface area contributed by atoms with E-state index in [1.54, 1.807) is 44.6 Å². The van der Waals surface area contributed by atoms with Gasteiger partial charge in [-0.25, -0.2) is 0 Å². The number of carbonyl (C=O) groups is 3. The van der Waals surface area contributed by atoms with Gasteiger partial charge in [0.25, 0.3) is 11.1 Å². The lowest BCUT2D eigenvalue weighted by Crippen LogP contribution is -2.36. The third-order valence-electron chi connectivity index (χ3n) is 4.07. The zero-order valence-electron chi connectivity index (χ0n) is 15.9. The molecule has 0 radical (unpaired) electrons. The largest absolute Gasteiger partial charge is 0.497 e. The van der Waals surface area contributed by atoms with Crippen molar-refractivity contribution in [1.29, 1.82) is 0 Å². The van der Waals surface area contributed by atoms with Crippen LogP contribution in [0.2, 0.25) is 0 Å². The highest BCUT2D eigenvalue weighted by Gasteiger charge is 2.36. The second-order valence-corrected chi connectivity index (χ2v) is 9.38. The van der Waals surface area contributed by atoms with Crippen LogP contribution in [-0.4, -0.2) is 42.7 Å². The second kappa shape index (κ2) is 10.0. The van der Waals surface area contributed by atoms with E-state index in [9.17, 15) is 14.4 Å². The van der Waals surface area contributed by atoms with Crippen molar-refractivity contribution in [3.8, 4) is 11.5 Å². The zero-order chi connectivity index (χ0) is 21.8. The number of carbonyl (C=O) groups excluding carboxylic acids is 3. The molecule has 3 amide bonds. The van der Waals surface area contributed by atoms with E-state index in [1.165, 1.54) is 0 Å². The van der Waals surface area contributed by atoms with Crippen molar-refractivity contribution in [3.63, 3.8) is 0 Å². The second-order valence-electron chi connectivity index (χ2n) is 6.06. The first-order chi connectivity index (χ1) is 14.3. The van der Waals surface area contributed by atoms with Crippen LogP contribution in [0.25, 0.3) is 6.08 Å². The van der Waals surface area contributed by atoms with Gasteiger partial charge in [0.15, 0.2) is 0 Å². The molecule has 0 aromatic heterocycles. The van der Waals surface area contributed by atoms with E-state index in [-0.39, 0.29) is 11.4 Å². The fourth-order valence-electron chi connectivity index (χ4n) is 2.66. The van der Waals surface area contributed by atoms with Gasteiger partial charge in [-0.05, 0) is 105 Å². The standard InChI is InChI=1S/C20H16I2N2O5S/c1-28-13-5-3-12(4-6-13)23-17(25)10-24-19(26)16(30-20(24)27)9-11-7-14(21)18(29-2)15(22)8-11/h3-9H,10H2,1-2H3,(H,23,25)/b16-9+. The highest BCUT2D eigenvalue weighted by Crippen LogP contribution is 2.34. The Morgan fingerprint density at radius 2 is 1.73 bits per heavy atom. The van der Waals surface area contributed by atoms with Crippen molar-refractivity contribution in [2.24, 2.45) is 0 Å². The molecule has 0 unspecified atom stereocenters. The number of hydrogen-bond acceptors (Lipinski definition) is 6. The Bertz CT molecular complexity index is 1020. The van der Waals surface area contributed by atoms with Crippen molar-refractivity contribution < 1.29 is 23.9 Å². The molecule has 1 heterocycles. The highest BCUT2D eigenvalue weighted by atomic mass is 127. The molecule has 3 rings (SSSR count). The maximum atomic E-state index is 12.7. The lowest BCUT2D eigenvalue weighted by Gasteiger charge is -2.12. The fourth-order valence-corrected chi connectivity index (χ4v) is 5.76. The molecule has 0 saturated carbocycles. The van der Waals surface area contributed by atoms with Gasteiger partial charge < -0.3 is 14.8 Å². The van der Waals surface area contributed by atoms with Crippen LogP contribution < -0.4 is 14.8 Å². The van der Waals surface area contributed by atoms with Crippen molar-refractivity contribution in [2.75, 3.05) is 26.1 Å². The molecule has 0 atom stereocenters. The van der Waals surface area contributed by atoms with Gasteiger partial charge in [0.05, 0.1) is 26.3 Å². The van der Waals surface area contributed by atoms with Crippen molar-refractivity contribution in [1.82, 2.24) is 4.90 Å². The van der Waals surface area contributed by atoms with Crippen LogP contribution in [0.1, 0.15) is 5.56 Å². The number of amides is 3. The first-order valence-corrected chi connectivity index (χ1v) is 11.5. The molecule has 2 aromatic rings. The monoisotopic (exact) mass is 650 g/mol.